The van der Waals surface area contributed by atoms with Crippen molar-refractivity contribution in [1.82, 2.24) is 4.90 Å². The molecule has 0 spiro atoms. The molecule has 1 saturated heterocycles. The molecule has 0 amide bonds. The zero-order chi connectivity index (χ0) is 7.30. The van der Waals surface area contributed by atoms with Gasteiger partial charge < -0.3 is 10.2 Å². The molecule has 4 unspecified atom stereocenters. The molecule has 0 aromatic heterocycles. The summed E-state index contributed by atoms with van der Waals surface area (Å²) in [6, 6.07) is 0.457. The lowest BCUT2D eigenvalue weighted by Gasteiger charge is -2.30. The monoisotopic (exact) mass is 143 g/mol. The minimum atomic E-state index is -0.418. The van der Waals surface area contributed by atoms with E-state index in [-0.39, 0.29) is 6.10 Å². The Balaban J connectivity index is 2.05. The Morgan fingerprint density at radius 2 is 2.00 bits per heavy atom. The summed E-state index contributed by atoms with van der Waals surface area (Å²) in [5.41, 5.74) is 0. The molecule has 0 aromatic carbocycles. The van der Waals surface area contributed by atoms with E-state index >= 15 is 0 Å². The Bertz CT molecular complexity index is 149. The molecule has 2 N–H and O–H groups in total. The third-order valence-electron chi connectivity index (χ3n) is 2.74. The molecule has 3 nitrogen and oxygen atoms in total. The van der Waals surface area contributed by atoms with Crippen molar-refractivity contribution in [2.24, 2.45) is 5.92 Å². The second-order valence-corrected chi connectivity index (χ2v) is 3.42. The molecule has 58 valence electrons. The first-order chi connectivity index (χ1) is 4.70. The highest BCUT2D eigenvalue weighted by atomic mass is 16.3. The van der Waals surface area contributed by atoms with Gasteiger partial charge in [0.15, 0.2) is 0 Å². The number of rotatable bonds is 0. The van der Waals surface area contributed by atoms with Crippen LogP contribution in [0.3, 0.4) is 0 Å². The molecule has 4 atom stereocenters. The highest BCUT2D eigenvalue weighted by Crippen LogP contribution is 2.43. The van der Waals surface area contributed by atoms with Gasteiger partial charge in [-0.1, -0.05) is 0 Å². The number of aliphatic hydroxyl groups is 2. The van der Waals surface area contributed by atoms with Crippen LogP contribution in [0.1, 0.15) is 12.8 Å². The highest BCUT2D eigenvalue weighted by molar-refractivity contribution is 5.02. The van der Waals surface area contributed by atoms with Crippen molar-refractivity contribution in [3.63, 3.8) is 0 Å². The Morgan fingerprint density at radius 3 is 2.70 bits per heavy atom. The first kappa shape index (κ1) is 6.58. The molecule has 3 heteroatoms. The fraction of sp³-hybridized carbons (Fsp3) is 1.00. The molecule has 10 heavy (non-hydrogen) atoms. The fourth-order valence-corrected chi connectivity index (χ4v) is 1.86. The first-order valence-corrected chi connectivity index (χ1v) is 3.78. The van der Waals surface area contributed by atoms with Gasteiger partial charge in [0.25, 0.3) is 0 Å². The smallest absolute Gasteiger partial charge is 0.109 e. The third kappa shape index (κ3) is 0.779. The maximum atomic E-state index is 9.32. The van der Waals surface area contributed by atoms with Crippen LogP contribution in [0.4, 0.5) is 0 Å². The van der Waals surface area contributed by atoms with E-state index in [1.807, 2.05) is 11.9 Å². The van der Waals surface area contributed by atoms with E-state index in [1.54, 1.807) is 0 Å². The first-order valence-electron chi connectivity index (χ1n) is 3.78. The van der Waals surface area contributed by atoms with Crippen molar-refractivity contribution in [2.45, 2.75) is 31.2 Å². The molecular formula is C7H13NO2. The van der Waals surface area contributed by atoms with Crippen LogP contribution in [-0.4, -0.2) is 40.5 Å². The molecule has 1 aliphatic heterocycles. The van der Waals surface area contributed by atoms with Gasteiger partial charge in [-0.2, -0.15) is 0 Å². The Hall–Kier alpha value is -0.120. The second kappa shape index (κ2) is 1.94. The van der Waals surface area contributed by atoms with Crippen LogP contribution in [0.5, 0.6) is 0 Å². The quantitative estimate of drug-likeness (QED) is 0.475. The summed E-state index contributed by atoms with van der Waals surface area (Å²) in [6.45, 7) is 0. The minimum Gasteiger partial charge on any atom is -0.393 e. The van der Waals surface area contributed by atoms with Crippen molar-refractivity contribution in [2.75, 3.05) is 7.05 Å². The van der Waals surface area contributed by atoms with Crippen LogP contribution in [0.15, 0.2) is 0 Å². The van der Waals surface area contributed by atoms with E-state index in [2.05, 4.69) is 0 Å². The lowest BCUT2D eigenvalue weighted by Crippen LogP contribution is -2.42. The van der Waals surface area contributed by atoms with Crippen molar-refractivity contribution >= 4 is 0 Å². The van der Waals surface area contributed by atoms with Gasteiger partial charge in [0.1, 0.15) is 6.23 Å². The van der Waals surface area contributed by atoms with Crippen molar-refractivity contribution in [1.29, 1.82) is 0 Å². The average molecular weight is 143 g/mol. The van der Waals surface area contributed by atoms with Crippen LogP contribution < -0.4 is 0 Å². The van der Waals surface area contributed by atoms with Crippen molar-refractivity contribution in [3.05, 3.63) is 0 Å². The van der Waals surface area contributed by atoms with Gasteiger partial charge in [0, 0.05) is 18.4 Å². The standard InChI is InChI=1S/C7H13NO2/c1-8-5-2-4(5)6(9)3-7(8)10/h4-7,9-10H,2-3H2,1H3. The zero-order valence-corrected chi connectivity index (χ0v) is 6.07. The van der Waals surface area contributed by atoms with E-state index in [9.17, 15) is 10.2 Å². The molecule has 0 aromatic rings. The predicted octanol–water partition coefficient (Wildman–Crippen LogP) is -0.610. The van der Waals surface area contributed by atoms with E-state index < -0.39 is 6.23 Å². The molecule has 1 heterocycles. The summed E-state index contributed by atoms with van der Waals surface area (Å²) in [6.07, 6.45) is 0.918. The molecule has 2 fully saturated rings. The predicted molar refractivity (Wildman–Crippen MR) is 36.3 cm³/mol. The topological polar surface area (TPSA) is 43.7 Å². The number of hydrogen-bond donors (Lipinski definition) is 2. The maximum Gasteiger partial charge on any atom is 0.109 e. The lowest BCUT2D eigenvalue weighted by molar-refractivity contribution is -0.0578. The van der Waals surface area contributed by atoms with Crippen LogP contribution in [0.2, 0.25) is 0 Å². The van der Waals surface area contributed by atoms with Gasteiger partial charge in [-0.15, -0.1) is 0 Å². The number of nitrogens with zero attached hydrogens (tertiary/aromatic N) is 1. The van der Waals surface area contributed by atoms with E-state index in [0.717, 1.165) is 6.42 Å². The Labute approximate surface area is 60.3 Å². The summed E-state index contributed by atoms with van der Waals surface area (Å²) in [7, 11) is 1.92. The van der Waals surface area contributed by atoms with Gasteiger partial charge in [0.05, 0.1) is 6.10 Å². The third-order valence-corrected chi connectivity index (χ3v) is 2.74. The van der Waals surface area contributed by atoms with Crippen LogP contribution in [0.25, 0.3) is 0 Å². The average Bonchev–Trinajstić information content (AvgIpc) is 2.61. The van der Waals surface area contributed by atoms with Gasteiger partial charge in [0.2, 0.25) is 0 Å². The van der Waals surface area contributed by atoms with Gasteiger partial charge >= 0.3 is 0 Å². The summed E-state index contributed by atoms with van der Waals surface area (Å²) in [5, 5.41) is 18.6. The number of hydrogen-bond acceptors (Lipinski definition) is 3. The fourth-order valence-electron chi connectivity index (χ4n) is 1.86. The maximum absolute atomic E-state index is 9.32. The SMILES string of the molecule is CN1C(O)CC(O)C2CC21. The van der Waals surface area contributed by atoms with E-state index in [1.165, 1.54) is 0 Å². The van der Waals surface area contributed by atoms with Gasteiger partial charge in [-0.3, -0.25) is 4.90 Å². The van der Waals surface area contributed by atoms with Gasteiger partial charge in [-0.25, -0.2) is 0 Å². The van der Waals surface area contributed by atoms with Crippen LogP contribution >= 0.6 is 0 Å². The lowest BCUT2D eigenvalue weighted by atomic mass is 10.1. The molecular weight excluding hydrogens is 130 g/mol. The highest BCUT2D eigenvalue weighted by Gasteiger charge is 2.50. The van der Waals surface area contributed by atoms with E-state index in [0.29, 0.717) is 18.4 Å². The molecule has 0 bridgehead atoms. The minimum absolute atomic E-state index is 0.254. The van der Waals surface area contributed by atoms with Crippen LogP contribution in [0, 0.1) is 5.92 Å². The molecule has 2 rings (SSSR count). The second-order valence-electron chi connectivity index (χ2n) is 3.42. The largest absolute Gasteiger partial charge is 0.393 e. The molecule has 0 radical (unpaired) electrons. The normalized spacial score (nSPS) is 54.3. The molecule has 1 aliphatic carbocycles. The Morgan fingerprint density at radius 1 is 1.30 bits per heavy atom. The van der Waals surface area contributed by atoms with Crippen LogP contribution in [-0.2, 0) is 0 Å². The Kier molecular flexibility index (Phi) is 1.27. The number of piperidine rings is 1. The zero-order valence-electron chi connectivity index (χ0n) is 6.07. The number of fused-ring (bicyclic) bond motifs is 1. The van der Waals surface area contributed by atoms with Crippen molar-refractivity contribution in [3.8, 4) is 0 Å². The number of likely N-dealkylation sites (tertiary alicyclic amines) is 1. The summed E-state index contributed by atoms with van der Waals surface area (Å²) in [5.74, 6) is 0.452. The van der Waals surface area contributed by atoms with E-state index in [4.69, 9.17) is 0 Å². The van der Waals surface area contributed by atoms with Gasteiger partial charge in [-0.05, 0) is 13.5 Å². The van der Waals surface area contributed by atoms with Crippen molar-refractivity contribution < 1.29 is 10.2 Å². The molecule has 1 saturated carbocycles. The molecule has 2 aliphatic rings. The summed E-state index contributed by atoms with van der Waals surface area (Å²) >= 11 is 0. The number of aliphatic hydroxyl groups excluding tert-OH is 2. The summed E-state index contributed by atoms with van der Waals surface area (Å²) in [4.78, 5) is 1.96. The summed E-state index contributed by atoms with van der Waals surface area (Å²) < 4.78 is 0.